The minimum absolute atomic E-state index is 0.178. The number of halogens is 2. The van der Waals surface area contributed by atoms with Gasteiger partial charge in [-0.3, -0.25) is 0 Å². The van der Waals surface area contributed by atoms with E-state index in [0.29, 0.717) is 6.54 Å². The van der Waals surface area contributed by atoms with Gasteiger partial charge in [0.15, 0.2) is 0 Å². The molecule has 0 spiro atoms. The van der Waals surface area contributed by atoms with Crippen LogP contribution in [0.1, 0.15) is 24.8 Å². The van der Waals surface area contributed by atoms with Gasteiger partial charge in [0, 0.05) is 0 Å². The molecular formula is C12H15ClFN. The molecule has 0 saturated heterocycles. The summed E-state index contributed by atoms with van der Waals surface area (Å²) in [4.78, 5) is 0. The van der Waals surface area contributed by atoms with Crippen molar-refractivity contribution in [3.05, 3.63) is 34.6 Å². The lowest BCUT2D eigenvalue weighted by atomic mass is 9.65. The van der Waals surface area contributed by atoms with Crippen molar-refractivity contribution in [2.24, 2.45) is 11.1 Å². The second kappa shape index (κ2) is 4.11. The van der Waals surface area contributed by atoms with Crippen LogP contribution in [0.15, 0.2) is 18.2 Å². The van der Waals surface area contributed by atoms with Crippen molar-refractivity contribution >= 4 is 11.6 Å². The van der Waals surface area contributed by atoms with Crippen LogP contribution in [-0.2, 0) is 6.42 Å². The zero-order valence-corrected chi connectivity index (χ0v) is 9.36. The van der Waals surface area contributed by atoms with Crippen LogP contribution in [0.4, 0.5) is 4.39 Å². The van der Waals surface area contributed by atoms with E-state index in [-0.39, 0.29) is 16.3 Å². The van der Waals surface area contributed by atoms with Crippen LogP contribution in [0, 0.1) is 11.2 Å². The molecule has 0 amide bonds. The quantitative estimate of drug-likeness (QED) is 0.844. The summed E-state index contributed by atoms with van der Waals surface area (Å²) in [5.74, 6) is -0.333. The molecule has 1 nitrogen and oxygen atoms in total. The molecule has 82 valence electrons. The van der Waals surface area contributed by atoms with Crippen LogP contribution in [0.25, 0.3) is 0 Å². The molecule has 1 aliphatic carbocycles. The lowest BCUT2D eigenvalue weighted by molar-refractivity contribution is 0.145. The Labute approximate surface area is 94.4 Å². The highest BCUT2D eigenvalue weighted by molar-refractivity contribution is 6.31. The number of rotatable bonds is 3. The molecule has 1 aromatic carbocycles. The van der Waals surface area contributed by atoms with E-state index in [2.05, 4.69) is 0 Å². The van der Waals surface area contributed by atoms with Gasteiger partial charge < -0.3 is 5.73 Å². The fourth-order valence-electron chi connectivity index (χ4n) is 2.22. The van der Waals surface area contributed by atoms with Gasteiger partial charge in [-0.2, -0.15) is 0 Å². The van der Waals surface area contributed by atoms with Crippen molar-refractivity contribution in [2.45, 2.75) is 25.7 Å². The van der Waals surface area contributed by atoms with E-state index < -0.39 is 0 Å². The van der Waals surface area contributed by atoms with Crippen LogP contribution < -0.4 is 5.73 Å². The Morgan fingerprint density at radius 3 is 2.67 bits per heavy atom. The Hall–Kier alpha value is -0.600. The average Bonchev–Trinajstić information content (AvgIpc) is 2.18. The van der Waals surface area contributed by atoms with Gasteiger partial charge in [0.25, 0.3) is 0 Å². The van der Waals surface area contributed by atoms with Gasteiger partial charge >= 0.3 is 0 Å². The molecule has 0 bridgehead atoms. The Balaban J connectivity index is 2.20. The maximum absolute atomic E-state index is 13.2. The summed E-state index contributed by atoms with van der Waals surface area (Å²) in [6, 6.07) is 4.99. The monoisotopic (exact) mass is 227 g/mol. The first-order valence-electron chi connectivity index (χ1n) is 5.30. The molecule has 0 atom stereocenters. The highest BCUT2D eigenvalue weighted by Crippen LogP contribution is 2.43. The number of benzene rings is 1. The molecule has 3 heteroatoms. The molecule has 0 radical (unpaired) electrons. The molecule has 0 aliphatic heterocycles. The first kappa shape index (κ1) is 10.9. The van der Waals surface area contributed by atoms with Crippen molar-refractivity contribution in [2.75, 3.05) is 6.54 Å². The van der Waals surface area contributed by atoms with Crippen LogP contribution in [-0.4, -0.2) is 6.54 Å². The van der Waals surface area contributed by atoms with Crippen LogP contribution in [0.3, 0.4) is 0 Å². The van der Waals surface area contributed by atoms with Gasteiger partial charge in [0.1, 0.15) is 5.82 Å². The fraction of sp³-hybridized carbons (Fsp3) is 0.500. The van der Waals surface area contributed by atoms with Crippen molar-refractivity contribution in [3.63, 3.8) is 0 Å². The van der Waals surface area contributed by atoms with E-state index in [4.69, 9.17) is 17.3 Å². The molecule has 0 heterocycles. The van der Waals surface area contributed by atoms with E-state index in [1.54, 1.807) is 6.07 Å². The fourth-order valence-corrected chi connectivity index (χ4v) is 2.41. The van der Waals surface area contributed by atoms with Crippen molar-refractivity contribution in [1.82, 2.24) is 0 Å². The smallest absolute Gasteiger partial charge is 0.142 e. The van der Waals surface area contributed by atoms with Gasteiger partial charge in [-0.15, -0.1) is 0 Å². The van der Waals surface area contributed by atoms with Crippen LogP contribution >= 0.6 is 11.6 Å². The molecule has 2 rings (SSSR count). The largest absolute Gasteiger partial charge is 0.330 e. The van der Waals surface area contributed by atoms with E-state index in [1.165, 1.54) is 12.5 Å². The van der Waals surface area contributed by atoms with Crippen molar-refractivity contribution < 1.29 is 4.39 Å². The first-order chi connectivity index (χ1) is 7.17. The Morgan fingerprint density at radius 1 is 1.40 bits per heavy atom. The SMILES string of the molecule is NCC1(Cc2cccc(F)c2Cl)CCC1. The number of hydrogen-bond donors (Lipinski definition) is 1. The minimum Gasteiger partial charge on any atom is -0.330 e. The zero-order chi connectivity index (χ0) is 10.9. The normalized spacial score (nSPS) is 18.6. The average molecular weight is 228 g/mol. The second-order valence-electron chi connectivity index (χ2n) is 4.45. The Bertz CT molecular complexity index is 355. The van der Waals surface area contributed by atoms with E-state index in [1.807, 2.05) is 6.07 Å². The van der Waals surface area contributed by atoms with Gasteiger partial charge in [0.05, 0.1) is 5.02 Å². The predicted octanol–water partition coefficient (Wildman–Crippen LogP) is 3.15. The lowest BCUT2D eigenvalue weighted by Gasteiger charge is -2.41. The lowest BCUT2D eigenvalue weighted by Crippen LogP contribution is -2.39. The standard InChI is InChI=1S/C12H15ClFN/c13-11-9(3-1-4-10(11)14)7-12(8-15)5-2-6-12/h1,3-4H,2,5-8,15H2. The Kier molecular flexibility index (Phi) is 2.98. The third-order valence-corrected chi connectivity index (χ3v) is 3.87. The highest BCUT2D eigenvalue weighted by Gasteiger charge is 2.36. The summed E-state index contributed by atoms with van der Waals surface area (Å²) in [6.07, 6.45) is 4.30. The number of hydrogen-bond acceptors (Lipinski definition) is 1. The zero-order valence-electron chi connectivity index (χ0n) is 8.60. The van der Waals surface area contributed by atoms with Gasteiger partial charge in [0.2, 0.25) is 0 Å². The molecule has 1 fully saturated rings. The summed E-state index contributed by atoms with van der Waals surface area (Å²) >= 11 is 5.92. The molecule has 1 aliphatic rings. The molecule has 15 heavy (non-hydrogen) atoms. The maximum Gasteiger partial charge on any atom is 0.142 e. The van der Waals surface area contributed by atoms with E-state index in [0.717, 1.165) is 24.8 Å². The van der Waals surface area contributed by atoms with Crippen molar-refractivity contribution in [1.29, 1.82) is 0 Å². The molecule has 1 aromatic rings. The van der Waals surface area contributed by atoms with E-state index >= 15 is 0 Å². The van der Waals surface area contributed by atoms with Crippen LogP contribution in [0.5, 0.6) is 0 Å². The maximum atomic E-state index is 13.2. The summed E-state index contributed by atoms with van der Waals surface area (Å²) in [5, 5.41) is 0.261. The molecule has 1 saturated carbocycles. The van der Waals surface area contributed by atoms with Crippen LogP contribution in [0.2, 0.25) is 5.02 Å². The molecular weight excluding hydrogens is 213 g/mol. The van der Waals surface area contributed by atoms with Gasteiger partial charge in [-0.05, 0) is 42.9 Å². The molecule has 2 N–H and O–H groups in total. The predicted molar refractivity (Wildman–Crippen MR) is 60.5 cm³/mol. The van der Waals surface area contributed by atoms with E-state index in [9.17, 15) is 4.39 Å². The third-order valence-electron chi connectivity index (χ3n) is 3.44. The third kappa shape index (κ3) is 2.01. The summed E-state index contributed by atoms with van der Waals surface area (Å²) < 4.78 is 13.2. The highest BCUT2D eigenvalue weighted by atomic mass is 35.5. The summed E-state index contributed by atoms with van der Waals surface area (Å²) in [7, 11) is 0. The second-order valence-corrected chi connectivity index (χ2v) is 4.83. The minimum atomic E-state index is -0.333. The van der Waals surface area contributed by atoms with Gasteiger partial charge in [-0.25, -0.2) is 4.39 Å². The topological polar surface area (TPSA) is 26.0 Å². The van der Waals surface area contributed by atoms with Gasteiger partial charge in [-0.1, -0.05) is 30.2 Å². The molecule has 0 aromatic heterocycles. The Morgan fingerprint density at radius 2 is 2.13 bits per heavy atom. The summed E-state index contributed by atoms with van der Waals surface area (Å²) in [5.41, 5.74) is 6.84. The summed E-state index contributed by atoms with van der Waals surface area (Å²) in [6.45, 7) is 0.667. The molecule has 0 unspecified atom stereocenters. The first-order valence-corrected chi connectivity index (χ1v) is 5.68. The van der Waals surface area contributed by atoms with Crippen molar-refractivity contribution in [3.8, 4) is 0 Å². The number of nitrogens with two attached hydrogens (primary N) is 1.